The fourth-order valence-electron chi connectivity index (χ4n) is 4.66. The smallest absolute Gasteiger partial charge is 0.228 e. The van der Waals surface area contributed by atoms with E-state index in [0.29, 0.717) is 11.7 Å². The van der Waals surface area contributed by atoms with Crippen LogP contribution in [0.4, 0.5) is 5.82 Å². The Balaban J connectivity index is 1.71. The van der Waals surface area contributed by atoms with Crippen molar-refractivity contribution in [2.45, 2.75) is 78.2 Å². The van der Waals surface area contributed by atoms with Gasteiger partial charge in [0, 0.05) is 11.5 Å². The number of amides is 1. The predicted octanol–water partition coefficient (Wildman–Crippen LogP) is 4.84. The number of carbonyl (C=O) groups is 1. The normalized spacial score (nSPS) is 17.2. The molecule has 0 saturated heterocycles. The lowest BCUT2D eigenvalue weighted by Crippen LogP contribution is -2.24. The number of nitrogens with one attached hydrogen (secondary N) is 1. The lowest BCUT2D eigenvalue weighted by atomic mass is 9.85. The van der Waals surface area contributed by atoms with Crippen LogP contribution >= 0.6 is 0 Å². The third-order valence-corrected chi connectivity index (χ3v) is 6.79. The van der Waals surface area contributed by atoms with Crippen LogP contribution in [0.2, 0.25) is 0 Å². The molecule has 0 bridgehead atoms. The number of aliphatic hydroxyl groups is 1. The molecule has 1 unspecified atom stereocenters. The number of aromatic nitrogens is 2. The molecule has 0 radical (unpaired) electrons. The lowest BCUT2D eigenvalue weighted by Gasteiger charge is -2.25. The molecule has 1 saturated carbocycles. The van der Waals surface area contributed by atoms with Gasteiger partial charge >= 0.3 is 0 Å². The van der Waals surface area contributed by atoms with E-state index in [4.69, 9.17) is 9.97 Å². The van der Waals surface area contributed by atoms with Crippen molar-refractivity contribution in [3.8, 4) is 11.3 Å². The third kappa shape index (κ3) is 4.41. The van der Waals surface area contributed by atoms with Crippen molar-refractivity contribution in [2.75, 3.05) is 5.32 Å². The van der Waals surface area contributed by atoms with Crippen molar-refractivity contribution in [3.63, 3.8) is 0 Å². The average molecular weight is 408 g/mol. The summed E-state index contributed by atoms with van der Waals surface area (Å²) in [4.78, 5) is 22.7. The Kier molecular flexibility index (Phi) is 6.47. The number of hydrogen-bond acceptors (Lipinski definition) is 4. The molecule has 2 aliphatic carbocycles. The van der Waals surface area contributed by atoms with Gasteiger partial charge < -0.3 is 10.4 Å². The van der Waals surface area contributed by atoms with Crippen LogP contribution in [-0.4, -0.2) is 21.0 Å². The van der Waals surface area contributed by atoms with Gasteiger partial charge in [-0.05, 0) is 42.7 Å². The number of anilines is 1. The maximum absolute atomic E-state index is 12.6. The van der Waals surface area contributed by atoms with Crippen LogP contribution in [0.15, 0.2) is 18.2 Å². The summed E-state index contributed by atoms with van der Waals surface area (Å²) < 4.78 is 0. The van der Waals surface area contributed by atoms with Crippen LogP contribution in [0.5, 0.6) is 0 Å². The molecule has 4 rings (SSSR count). The molecule has 1 atom stereocenters. The summed E-state index contributed by atoms with van der Waals surface area (Å²) in [6, 6.07) is 6.11. The van der Waals surface area contributed by atoms with Crippen LogP contribution in [-0.2, 0) is 30.7 Å². The van der Waals surface area contributed by atoms with E-state index in [1.54, 1.807) is 0 Å². The standard InChI is InChI=1S/C25H33N3O2/c1-3-16(2)25(30)28-24-22(14-17-7-5-4-6-8-17)26-23-20-11-9-18(15-29)13-19(20)10-12-21(23)27-24/h9,11,13,16-17,29H,3-8,10,12,14-15H2,1-2H3,(H,27,28,30). The van der Waals surface area contributed by atoms with Gasteiger partial charge in [0.1, 0.15) is 0 Å². The summed E-state index contributed by atoms with van der Waals surface area (Å²) in [6.07, 6.45) is 9.72. The first-order valence-electron chi connectivity index (χ1n) is 11.5. The molecule has 1 aromatic heterocycles. The second-order valence-electron chi connectivity index (χ2n) is 8.97. The second kappa shape index (κ2) is 9.25. The van der Waals surface area contributed by atoms with Crippen molar-refractivity contribution in [3.05, 3.63) is 40.7 Å². The highest BCUT2D eigenvalue weighted by Gasteiger charge is 2.25. The molecule has 1 aromatic carbocycles. The van der Waals surface area contributed by atoms with Crippen molar-refractivity contribution in [1.29, 1.82) is 0 Å². The Hall–Kier alpha value is -2.27. The average Bonchev–Trinajstić information content (AvgIpc) is 2.79. The number of aryl methyl sites for hydroxylation is 2. The first-order valence-corrected chi connectivity index (χ1v) is 11.5. The summed E-state index contributed by atoms with van der Waals surface area (Å²) in [5.74, 6) is 1.27. The number of aliphatic hydroxyl groups excluding tert-OH is 1. The zero-order chi connectivity index (χ0) is 21.1. The van der Waals surface area contributed by atoms with Gasteiger partial charge in [-0.3, -0.25) is 4.79 Å². The van der Waals surface area contributed by atoms with E-state index in [-0.39, 0.29) is 18.4 Å². The fourth-order valence-corrected chi connectivity index (χ4v) is 4.66. The molecule has 2 aromatic rings. The Morgan fingerprint density at radius 1 is 1.20 bits per heavy atom. The van der Waals surface area contributed by atoms with Crippen molar-refractivity contribution in [2.24, 2.45) is 11.8 Å². The quantitative estimate of drug-likeness (QED) is 0.718. The molecule has 0 aliphatic heterocycles. The Labute approximate surface area is 179 Å². The van der Waals surface area contributed by atoms with Gasteiger partial charge in [-0.25, -0.2) is 9.97 Å². The molecule has 5 nitrogen and oxygen atoms in total. The van der Waals surface area contributed by atoms with Crippen molar-refractivity contribution >= 4 is 11.7 Å². The Morgan fingerprint density at radius 3 is 2.73 bits per heavy atom. The molecular formula is C25H33N3O2. The van der Waals surface area contributed by atoms with E-state index in [9.17, 15) is 9.90 Å². The minimum atomic E-state index is -0.0389. The van der Waals surface area contributed by atoms with Crippen LogP contribution in [0.25, 0.3) is 11.3 Å². The van der Waals surface area contributed by atoms with Gasteiger partial charge in [0.2, 0.25) is 5.91 Å². The minimum absolute atomic E-state index is 0.0282. The van der Waals surface area contributed by atoms with Gasteiger partial charge in [0.25, 0.3) is 0 Å². The van der Waals surface area contributed by atoms with Gasteiger partial charge in [-0.2, -0.15) is 0 Å². The molecule has 1 heterocycles. The molecule has 1 amide bonds. The van der Waals surface area contributed by atoms with Crippen LogP contribution < -0.4 is 5.32 Å². The molecule has 1 fully saturated rings. The van der Waals surface area contributed by atoms with E-state index >= 15 is 0 Å². The predicted molar refractivity (Wildman–Crippen MR) is 119 cm³/mol. The summed E-state index contributed by atoms with van der Waals surface area (Å²) in [6.45, 7) is 4.04. The van der Waals surface area contributed by atoms with E-state index in [2.05, 4.69) is 17.4 Å². The zero-order valence-electron chi connectivity index (χ0n) is 18.2. The van der Waals surface area contributed by atoms with E-state index in [1.165, 1.54) is 37.7 Å². The summed E-state index contributed by atoms with van der Waals surface area (Å²) in [7, 11) is 0. The maximum atomic E-state index is 12.6. The molecule has 160 valence electrons. The number of rotatable bonds is 6. The van der Waals surface area contributed by atoms with Crippen molar-refractivity contribution < 1.29 is 9.90 Å². The third-order valence-electron chi connectivity index (χ3n) is 6.79. The number of carbonyl (C=O) groups excluding carboxylic acids is 1. The number of benzene rings is 1. The maximum Gasteiger partial charge on any atom is 0.228 e. The first kappa shape index (κ1) is 21.0. The second-order valence-corrected chi connectivity index (χ2v) is 8.97. The monoisotopic (exact) mass is 407 g/mol. The fraction of sp³-hybridized carbons (Fsp3) is 0.560. The van der Waals surface area contributed by atoms with Crippen LogP contribution in [0.1, 0.15) is 74.9 Å². The molecule has 30 heavy (non-hydrogen) atoms. The van der Waals surface area contributed by atoms with Gasteiger partial charge in [0.15, 0.2) is 5.82 Å². The van der Waals surface area contributed by atoms with E-state index < -0.39 is 0 Å². The summed E-state index contributed by atoms with van der Waals surface area (Å²) in [5.41, 5.74) is 6.12. The molecule has 2 N–H and O–H groups in total. The van der Waals surface area contributed by atoms with Gasteiger partial charge in [-0.15, -0.1) is 0 Å². The number of fused-ring (bicyclic) bond motifs is 3. The van der Waals surface area contributed by atoms with E-state index in [0.717, 1.165) is 53.9 Å². The van der Waals surface area contributed by atoms with Crippen molar-refractivity contribution in [1.82, 2.24) is 9.97 Å². The summed E-state index contributed by atoms with van der Waals surface area (Å²) in [5, 5.41) is 12.6. The largest absolute Gasteiger partial charge is 0.392 e. The number of nitrogens with zero attached hydrogens (tertiary/aromatic N) is 2. The first-order chi connectivity index (χ1) is 14.6. The lowest BCUT2D eigenvalue weighted by molar-refractivity contribution is -0.119. The topological polar surface area (TPSA) is 75.1 Å². The van der Waals surface area contributed by atoms with E-state index in [1.807, 2.05) is 19.9 Å². The molecule has 2 aliphatic rings. The molecule has 5 heteroatoms. The Morgan fingerprint density at radius 2 is 2.00 bits per heavy atom. The molecule has 0 spiro atoms. The SMILES string of the molecule is CCC(C)C(=O)Nc1nc2c(nc1CC1CCCCC1)-c1ccc(CO)cc1CC2. The highest BCUT2D eigenvalue weighted by molar-refractivity contribution is 5.92. The summed E-state index contributed by atoms with van der Waals surface area (Å²) >= 11 is 0. The van der Waals surface area contributed by atoms with Crippen LogP contribution in [0, 0.1) is 11.8 Å². The number of hydrogen-bond donors (Lipinski definition) is 2. The minimum Gasteiger partial charge on any atom is -0.392 e. The zero-order valence-corrected chi connectivity index (χ0v) is 18.2. The van der Waals surface area contributed by atoms with Gasteiger partial charge in [-0.1, -0.05) is 64.2 Å². The Bertz CT molecular complexity index is 919. The highest BCUT2D eigenvalue weighted by atomic mass is 16.3. The van der Waals surface area contributed by atoms with Gasteiger partial charge in [0.05, 0.1) is 23.7 Å². The van der Waals surface area contributed by atoms with Crippen LogP contribution in [0.3, 0.4) is 0 Å². The highest BCUT2D eigenvalue weighted by Crippen LogP contribution is 2.35. The molecular weight excluding hydrogens is 374 g/mol.